The van der Waals surface area contributed by atoms with Gasteiger partial charge in [0, 0.05) is 36.3 Å². The highest BCUT2D eigenvalue weighted by atomic mass is 32.5. The SMILES string of the molecule is C/C(S)=N\OC(=O)N(C)SNC(C)(C)CP1(=S)OCC(C)(C)CO1. The molecule has 0 radical (unpaired) electrons. The molecule has 0 aromatic carbocycles. The van der Waals surface area contributed by atoms with E-state index in [-0.39, 0.29) is 11.0 Å². The van der Waals surface area contributed by atoms with E-state index in [0.717, 1.165) is 12.1 Å². The Hall–Kier alpha value is 0.170. The third kappa shape index (κ3) is 8.03. The summed E-state index contributed by atoms with van der Waals surface area (Å²) in [6, 6.07) is 0. The molecule has 0 atom stereocenters. The van der Waals surface area contributed by atoms with Crippen molar-refractivity contribution in [3.8, 4) is 0 Å². The van der Waals surface area contributed by atoms with Crippen LogP contribution in [0.4, 0.5) is 4.79 Å². The van der Waals surface area contributed by atoms with E-state index in [2.05, 4.69) is 36.4 Å². The Labute approximate surface area is 159 Å². The number of thiol groups is 1. The minimum absolute atomic E-state index is 0.00967. The van der Waals surface area contributed by atoms with Gasteiger partial charge in [-0.3, -0.25) is 4.84 Å². The van der Waals surface area contributed by atoms with Crippen molar-refractivity contribution < 1.29 is 18.7 Å². The normalized spacial score (nSPS) is 20.5. The van der Waals surface area contributed by atoms with Gasteiger partial charge in [0.2, 0.25) is 0 Å². The molecular weight excluding hydrogens is 389 g/mol. The van der Waals surface area contributed by atoms with E-state index in [4.69, 9.17) is 25.7 Å². The summed E-state index contributed by atoms with van der Waals surface area (Å²) in [4.78, 5) is 16.4. The Morgan fingerprint density at radius 1 is 1.50 bits per heavy atom. The van der Waals surface area contributed by atoms with Gasteiger partial charge in [0.05, 0.1) is 13.2 Å². The fourth-order valence-electron chi connectivity index (χ4n) is 1.62. The first kappa shape index (κ1) is 22.2. The summed E-state index contributed by atoms with van der Waals surface area (Å²) in [5.74, 6) is 0. The van der Waals surface area contributed by atoms with Crippen molar-refractivity contribution in [1.29, 1.82) is 0 Å². The van der Waals surface area contributed by atoms with Crippen molar-refractivity contribution >= 4 is 54.2 Å². The number of carbonyl (C=O) groups excluding carboxylic acids is 1. The number of carbonyl (C=O) groups is 1. The first-order valence-electron chi connectivity index (χ1n) is 7.35. The molecule has 0 aromatic heterocycles. The number of nitrogens with zero attached hydrogens (tertiary/aromatic N) is 2. The van der Waals surface area contributed by atoms with E-state index in [1.807, 2.05) is 13.8 Å². The fourth-order valence-corrected chi connectivity index (χ4v) is 6.02. The van der Waals surface area contributed by atoms with Gasteiger partial charge in [0.1, 0.15) is 5.04 Å². The topological polar surface area (TPSA) is 72.4 Å². The molecule has 0 aromatic rings. The molecule has 1 aliphatic heterocycles. The second-order valence-corrected chi connectivity index (χ2v) is 12.4. The number of hydrogen-bond acceptors (Lipinski definition) is 8. The smallest absolute Gasteiger partial charge is 0.329 e. The Morgan fingerprint density at radius 2 is 2.04 bits per heavy atom. The zero-order valence-corrected chi connectivity index (χ0v) is 18.3. The van der Waals surface area contributed by atoms with Crippen molar-refractivity contribution in [2.75, 3.05) is 26.4 Å². The summed E-state index contributed by atoms with van der Waals surface area (Å²) < 4.78 is 16.2. The number of hydrogen-bond donors (Lipinski definition) is 2. The van der Waals surface area contributed by atoms with Crippen LogP contribution in [0.3, 0.4) is 0 Å². The van der Waals surface area contributed by atoms with Crippen LogP contribution >= 0.6 is 31.3 Å². The van der Waals surface area contributed by atoms with E-state index in [1.54, 1.807) is 14.0 Å². The second-order valence-electron chi connectivity index (χ2n) is 7.05. The van der Waals surface area contributed by atoms with Crippen LogP contribution in [-0.4, -0.2) is 47.4 Å². The Kier molecular flexibility index (Phi) is 8.06. The molecule has 1 amide bonds. The minimum Gasteiger partial charge on any atom is -0.329 e. The molecule has 1 saturated heterocycles. The van der Waals surface area contributed by atoms with Gasteiger partial charge in [0.25, 0.3) is 0 Å². The molecule has 7 nitrogen and oxygen atoms in total. The molecule has 1 rings (SSSR count). The lowest BCUT2D eigenvalue weighted by molar-refractivity contribution is 0.0589. The Morgan fingerprint density at radius 3 is 2.54 bits per heavy atom. The molecular formula is C13H26N3O4PS3. The van der Waals surface area contributed by atoms with Gasteiger partial charge in [-0.05, 0) is 32.6 Å². The maximum absolute atomic E-state index is 11.7. The molecule has 1 aliphatic rings. The molecule has 0 unspecified atom stereocenters. The van der Waals surface area contributed by atoms with E-state index >= 15 is 0 Å². The minimum atomic E-state index is -2.33. The molecule has 0 aliphatic carbocycles. The number of nitrogens with one attached hydrogen (secondary N) is 1. The summed E-state index contributed by atoms with van der Waals surface area (Å²) in [5, 5.41) is 3.87. The van der Waals surface area contributed by atoms with E-state index in [9.17, 15) is 4.79 Å². The molecule has 24 heavy (non-hydrogen) atoms. The zero-order valence-electron chi connectivity index (χ0n) is 14.9. The third-order valence-corrected chi connectivity index (χ3v) is 7.26. The van der Waals surface area contributed by atoms with Gasteiger partial charge in [-0.2, -0.15) is 0 Å². The monoisotopic (exact) mass is 415 g/mol. The summed E-state index contributed by atoms with van der Waals surface area (Å²) >= 11 is 10.6. The Bertz CT molecular complexity index is 525. The summed E-state index contributed by atoms with van der Waals surface area (Å²) in [6.45, 7) is 8.61. The van der Waals surface area contributed by atoms with Crippen LogP contribution in [0.25, 0.3) is 0 Å². The first-order chi connectivity index (χ1) is 10.8. The Balaban J connectivity index is 2.50. The highest BCUT2D eigenvalue weighted by Gasteiger charge is 2.37. The zero-order chi connectivity index (χ0) is 18.6. The molecule has 1 N–H and O–H groups in total. The van der Waals surface area contributed by atoms with Crippen LogP contribution in [0.5, 0.6) is 0 Å². The molecule has 140 valence electrons. The summed E-state index contributed by atoms with van der Waals surface area (Å²) in [6.07, 6.45) is -0.0543. The maximum atomic E-state index is 11.7. The van der Waals surface area contributed by atoms with E-state index in [0.29, 0.717) is 24.4 Å². The van der Waals surface area contributed by atoms with Crippen LogP contribution in [0, 0.1) is 5.41 Å². The average Bonchev–Trinajstić information content (AvgIpc) is 2.45. The standard InChI is InChI=1S/C13H26N3O4PS3/c1-10(22)14-20-11(17)16(6)24-15-13(4,5)9-21(23)18-7-12(2,3)8-19-21/h15H,7-9H2,1-6H3,(H,14,22). The van der Waals surface area contributed by atoms with Crippen molar-refractivity contribution in [1.82, 2.24) is 9.03 Å². The highest BCUT2D eigenvalue weighted by Crippen LogP contribution is 2.55. The van der Waals surface area contributed by atoms with Gasteiger partial charge >= 0.3 is 6.09 Å². The van der Waals surface area contributed by atoms with Crippen molar-refractivity contribution in [3.05, 3.63) is 0 Å². The van der Waals surface area contributed by atoms with Crippen molar-refractivity contribution in [2.45, 2.75) is 40.2 Å². The number of rotatable bonds is 6. The average molecular weight is 416 g/mol. The van der Waals surface area contributed by atoms with Crippen LogP contribution < -0.4 is 4.72 Å². The molecule has 11 heteroatoms. The number of amides is 1. The summed E-state index contributed by atoms with van der Waals surface area (Å²) in [5.41, 5.74) is -0.400. The first-order valence-corrected chi connectivity index (χ1v) is 11.4. The molecule has 1 heterocycles. The van der Waals surface area contributed by atoms with Crippen LogP contribution in [0.1, 0.15) is 34.6 Å². The highest BCUT2D eigenvalue weighted by molar-refractivity contribution is 8.10. The van der Waals surface area contributed by atoms with Crippen LogP contribution in [0.15, 0.2) is 5.16 Å². The lowest BCUT2D eigenvalue weighted by Crippen LogP contribution is -2.42. The molecule has 0 spiro atoms. The fraction of sp³-hybridized carbons (Fsp3) is 0.846. The predicted molar refractivity (Wildman–Crippen MR) is 106 cm³/mol. The van der Waals surface area contributed by atoms with Gasteiger partial charge in [0.15, 0.2) is 6.49 Å². The molecule has 0 saturated carbocycles. The number of oxime groups is 1. The second kappa shape index (κ2) is 8.70. The lowest BCUT2D eigenvalue weighted by atomic mass is 9.97. The van der Waals surface area contributed by atoms with Gasteiger partial charge in [-0.15, -0.1) is 12.6 Å². The third-order valence-electron chi connectivity index (χ3n) is 2.86. The van der Waals surface area contributed by atoms with Gasteiger partial charge < -0.3 is 9.05 Å². The van der Waals surface area contributed by atoms with E-state index < -0.39 is 12.6 Å². The van der Waals surface area contributed by atoms with Crippen molar-refractivity contribution in [2.24, 2.45) is 10.6 Å². The predicted octanol–water partition coefficient (Wildman–Crippen LogP) is 3.63. The quantitative estimate of drug-likeness (QED) is 0.131. The van der Waals surface area contributed by atoms with Gasteiger partial charge in [-0.25, -0.2) is 13.8 Å². The van der Waals surface area contributed by atoms with Crippen LogP contribution in [0.2, 0.25) is 0 Å². The molecule has 1 fully saturated rings. The van der Waals surface area contributed by atoms with Crippen molar-refractivity contribution in [3.63, 3.8) is 0 Å². The largest absolute Gasteiger partial charge is 0.446 e. The molecule has 0 bridgehead atoms. The maximum Gasteiger partial charge on any atom is 0.446 e. The summed E-state index contributed by atoms with van der Waals surface area (Å²) in [7, 11) is 1.58. The van der Waals surface area contributed by atoms with Gasteiger partial charge in [-0.1, -0.05) is 19.0 Å². The van der Waals surface area contributed by atoms with E-state index in [1.165, 1.54) is 4.31 Å². The lowest BCUT2D eigenvalue weighted by Gasteiger charge is -2.40. The van der Waals surface area contributed by atoms with Crippen LogP contribution in [-0.2, 0) is 25.7 Å².